The van der Waals surface area contributed by atoms with Crippen molar-refractivity contribution in [2.75, 3.05) is 37.8 Å². The van der Waals surface area contributed by atoms with E-state index in [9.17, 15) is 18.0 Å². The van der Waals surface area contributed by atoms with Gasteiger partial charge in [-0.05, 0) is 24.3 Å². The largest absolute Gasteiger partial charge is 0.416 e. The van der Waals surface area contributed by atoms with E-state index in [-0.39, 0.29) is 12.4 Å². The van der Waals surface area contributed by atoms with Gasteiger partial charge in [-0.15, -0.1) is 4.73 Å². The topological polar surface area (TPSA) is 66.4 Å². The minimum atomic E-state index is -4.35. The van der Waals surface area contributed by atoms with Crippen molar-refractivity contribution in [1.82, 2.24) is 19.6 Å². The number of halogens is 3. The standard InChI is InChI=1S/C18H18F3N5O2/c19-18(20,21)13-2-1-3-14(10-13)25-8-6-24(7-9-25)12-28-26-16-11-22-5-4-15(16)23-17(26)27/h1-5,10-11H,6-9,12H2,(H,23,27). The number of piperazine rings is 1. The number of benzene rings is 1. The van der Waals surface area contributed by atoms with Crippen LogP contribution in [-0.2, 0) is 6.18 Å². The van der Waals surface area contributed by atoms with E-state index in [0.29, 0.717) is 42.9 Å². The van der Waals surface area contributed by atoms with Crippen LogP contribution in [0.3, 0.4) is 0 Å². The highest BCUT2D eigenvalue weighted by Gasteiger charge is 2.31. The molecule has 0 atom stereocenters. The first-order valence-electron chi connectivity index (χ1n) is 8.74. The van der Waals surface area contributed by atoms with Gasteiger partial charge in [-0.25, -0.2) is 4.79 Å². The van der Waals surface area contributed by atoms with Crippen molar-refractivity contribution in [2.45, 2.75) is 6.18 Å². The number of aromatic nitrogens is 3. The van der Waals surface area contributed by atoms with Gasteiger partial charge >= 0.3 is 11.9 Å². The molecule has 0 bridgehead atoms. The Morgan fingerprint density at radius 1 is 1.14 bits per heavy atom. The average molecular weight is 393 g/mol. The van der Waals surface area contributed by atoms with Gasteiger partial charge in [0.25, 0.3) is 0 Å². The Labute approximate surface area is 157 Å². The van der Waals surface area contributed by atoms with E-state index in [0.717, 1.165) is 6.07 Å². The quantitative estimate of drug-likeness (QED) is 0.734. The average Bonchev–Trinajstić information content (AvgIpc) is 3.01. The molecule has 1 aliphatic heterocycles. The lowest BCUT2D eigenvalue weighted by atomic mass is 10.1. The van der Waals surface area contributed by atoms with E-state index < -0.39 is 11.7 Å². The smallest absolute Gasteiger partial charge is 0.393 e. The maximum absolute atomic E-state index is 12.9. The highest BCUT2D eigenvalue weighted by molar-refractivity contribution is 5.73. The monoisotopic (exact) mass is 393 g/mol. The lowest BCUT2D eigenvalue weighted by Crippen LogP contribution is -2.48. The highest BCUT2D eigenvalue weighted by atomic mass is 19.4. The summed E-state index contributed by atoms with van der Waals surface area (Å²) in [6.07, 6.45) is -1.23. The Hall–Kier alpha value is -3.01. The van der Waals surface area contributed by atoms with E-state index in [2.05, 4.69) is 9.97 Å². The molecule has 7 nitrogen and oxygen atoms in total. The lowest BCUT2D eigenvalue weighted by Gasteiger charge is -2.35. The Morgan fingerprint density at radius 3 is 2.68 bits per heavy atom. The van der Waals surface area contributed by atoms with E-state index >= 15 is 0 Å². The third-order valence-corrected chi connectivity index (χ3v) is 4.73. The second-order valence-electron chi connectivity index (χ2n) is 6.53. The molecular weight excluding hydrogens is 375 g/mol. The van der Waals surface area contributed by atoms with Crippen LogP contribution >= 0.6 is 0 Å². The Bertz CT molecular complexity index is 1020. The molecule has 0 spiro atoms. The zero-order chi connectivity index (χ0) is 19.7. The van der Waals surface area contributed by atoms with Gasteiger partial charge < -0.3 is 14.7 Å². The molecule has 1 saturated heterocycles. The van der Waals surface area contributed by atoms with Gasteiger partial charge in [-0.3, -0.25) is 9.88 Å². The molecule has 28 heavy (non-hydrogen) atoms. The Kier molecular flexibility index (Phi) is 4.71. The second-order valence-corrected chi connectivity index (χ2v) is 6.53. The van der Waals surface area contributed by atoms with E-state index in [4.69, 9.17) is 4.84 Å². The molecule has 4 rings (SSSR count). The predicted molar refractivity (Wildman–Crippen MR) is 97.0 cm³/mol. The number of H-pyrrole nitrogens is 1. The summed E-state index contributed by atoms with van der Waals surface area (Å²) in [5, 5.41) is 0. The van der Waals surface area contributed by atoms with Crippen molar-refractivity contribution in [3.05, 3.63) is 58.8 Å². The number of nitrogens with one attached hydrogen (secondary N) is 1. The fourth-order valence-electron chi connectivity index (χ4n) is 3.21. The van der Waals surface area contributed by atoms with Gasteiger partial charge in [0, 0.05) is 38.1 Å². The maximum atomic E-state index is 12.9. The summed E-state index contributed by atoms with van der Waals surface area (Å²) in [6, 6.07) is 7.03. The van der Waals surface area contributed by atoms with Crippen LogP contribution < -0.4 is 15.4 Å². The summed E-state index contributed by atoms with van der Waals surface area (Å²) >= 11 is 0. The molecule has 0 saturated carbocycles. The zero-order valence-corrected chi connectivity index (χ0v) is 14.8. The van der Waals surface area contributed by atoms with Crippen LogP contribution in [0.1, 0.15) is 5.56 Å². The molecule has 1 aliphatic rings. The number of pyridine rings is 1. The number of rotatable bonds is 4. The summed E-state index contributed by atoms with van der Waals surface area (Å²) < 4.78 is 39.9. The van der Waals surface area contributed by atoms with Crippen LogP contribution in [0.5, 0.6) is 0 Å². The van der Waals surface area contributed by atoms with Crippen molar-refractivity contribution in [3.8, 4) is 0 Å². The number of aromatic amines is 1. The van der Waals surface area contributed by atoms with Crippen LogP contribution in [-0.4, -0.2) is 52.5 Å². The normalized spacial score (nSPS) is 15.9. The summed E-state index contributed by atoms with van der Waals surface area (Å²) in [7, 11) is 0. The molecule has 0 aliphatic carbocycles. The van der Waals surface area contributed by atoms with Crippen LogP contribution in [0.4, 0.5) is 18.9 Å². The summed E-state index contributed by atoms with van der Waals surface area (Å²) in [5.41, 5.74) is 0.701. The van der Waals surface area contributed by atoms with Gasteiger partial charge in [0.1, 0.15) is 5.52 Å². The van der Waals surface area contributed by atoms with Crippen LogP contribution in [0.25, 0.3) is 11.0 Å². The maximum Gasteiger partial charge on any atom is 0.416 e. The molecule has 3 aromatic rings. The first kappa shape index (κ1) is 18.4. The molecule has 10 heteroatoms. The molecule has 1 N–H and O–H groups in total. The number of alkyl halides is 3. The number of fused-ring (bicyclic) bond motifs is 1. The summed E-state index contributed by atoms with van der Waals surface area (Å²) in [4.78, 5) is 28.2. The second kappa shape index (κ2) is 7.19. The van der Waals surface area contributed by atoms with Crippen molar-refractivity contribution >= 4 is 16.7 Å². The Balaban J connectivity index is 1.37. The third kappa shape index (κ3) is 3.68. The summed E-state index contributed by atoms with van der Waals surface area (Å²) in [5.74, 6) is 0. The first-order valence-corrected chi connectivity index (χ1v) is 8.74. The predicted octanol–water partition coefficient (Wildman–Crippen LogP) is 1.95. The molecule has 1 fully saturated rings. The SMILES string of the molecule is O=c1[nH]c2ccncc2n1OCN1CCN(c2cccc(C(F)(F)F)c2)CC1. The van der Waals surface area contributed by atoms with Crippen LogP contribution in [0.15, 0.2) is 47.5 Å². The highest BCUT2D eigenvalue weighted by Crippen LogP contribution is 2.31. The molecule has 0 unspecified atom stereocenters. The minimum Gasteiger partial charge on any atom is -0.393 e. The van der Waals surface area contributed by atoms with Crippen molar-refractivity contribution in [2.24, 2.45) is 0 Å². The number of imidazole rings is 1. The van der Waals surface area contributed by atoms with E-state index in [1.165, 1.54) is 16.9 Å². The fourth-order valence-corrected chi connectivity index (χ4v) is 3.21. The van der Waals surface area contributed by atoms with E-state index in [1.807, 2.05) is 9.80 Å². The lowest BCUT2D eigenvalue weighted by molar-refractivity contribution is -0.137. The van der Waals surface area contributed by atoms with E-state index in [1.54, 1.807) is 24.5 Å². The van der Waals surface area contributed by atoms with Crippen LogP contribution in [0, 0.1) is 0 Å². The van der Waals surface area contributed by atoms with Crippen molar-refractivity contribution in [3.63, 3.8) is 0 Å². The van der Waals surface area contributed by atoms with Gasteiger partial charge in [0.2, 0.25) is 0 Å². The molecule has 0 radical (unpaired) electrons. The molecule has 2 aromatic heterocycles. The first-order chi connectivity index (χ1) is 13.4. The Morgan fingerprint density at radius 2 is 1.93 bits per heavy atom. The molecule has 1 aromatic carbocycles. The third-order valence-electron chi connectivity index (χ3n) is 4.73. The number of hydrogen-bond acceptors (Lipinski definition) is 5. The molecule has 148 valence electrons. The molecule has 3 heterocycles. The van der Waals surface area contributed by atoms with Crippen molar-refractivity contribution < 1.29 is 18.0 Å². The van der Waals surface area contributed by atoms with Crippen LogP contribution in [0.2, 0.25) is 0 Å². The van der Waals surface area contributed by atoms with Gasteiger partial charge in [0.15, 0.2) is 6.73 Å². The van der Waals surface area contributed by atoms with Gasteiger partial charge in [-0.2, -0.15) is 13.2 Å². The number of anilines is 1. The number of hydrogen-bond donors (Lipinski definition) is 1. The zero-order valence-electron chi connectivity index (χ0n) is 14.8. The van der Waals surface area contributed by atoms with Gasteiger partial charge in [-0.1, -0.05) is 6.07 Å². The fraction of sp³-hybridized carbons (Fsp3) is 0.333. The molecule has 0 amide bonds. The van der Waals surface area contributed by atoms with Gasteiger partial charge in [0.05, 0.1) is 17.3 Å². The number of nitrogens with zero attached hydrogens (tertiary/aromatic N) is 4. The summed E-state index contributed by atoms with van der Waals surface area (Å²) in [6.45, 7) is 2.53. The molecular formula is C18H18F3N5O2. The minimum absolute atomic E-state index is 0.193. The van der Waals surface area contributed by atoms with Crippen molar-refractivity contribution in [1.29, 1.82) is 0 Å².